The van der Waals surface area contributed by atoms with Crippen LogP contribution >= 0.6 is 15.9 Å². The van der Waals surface area contributed by atoms with Crippen molar-refractivity contribution < 1.29 is 5.11 Å². The van der Waals surface area contributed by atoms with Crippen LogP contribution in [0.25, 0.3) is 0 Å². The molecule has 14 heavy (non-hydrogen) atoms. The molecule has 0 saturated heterocycles. The van der Waals surface area contributed by atoms with E-state index in [9.17, 15) is 0 Å². The molecule has 1 aromatic heterocycles. The third-order valence-corrected chi connectivity index (χ3v) is 2.22. The summed E-state index contributed by atoms with van der Waals surface area (Å²) in [6, 6.07) is 1.87. The predicted octanol–water partition coefficient (Wildman–Crippen LogP) is 2.40. The van der Waals surface area contributed by atoms with Gasteiger partial charge in [-0.05, 0) is 27.9 Å². The Bertz CT molecular complexity index is 302. The number of halogens is 1. The Kier molecular flexibility index (Phi) is 4.35. The number of pyridine rings is 1. The zero-order valence-electron chi connectivity index (χ0n) is 8.42. The summed E-state index contributed by atoms with van der Waals surface area (Å²) in [5.41, 5.74) is 0.819. The van der Waals surface area contributed by atoms with Gasteiger partial charge < -0.3 is 10.4 Å². The average molecular weight is 259 g/mol. The molecule has 0 spiro atoms. The third kappa shape index (κ3) is 3.27. The van der Waals surface area contributed by atoms with Crippen LogP contribution in [0.1, 0.15) is 19.4 Å². The van der Waals surface area contributed by atoms with Gasteiger partial charge in [-0.3, -0.25) is 0 Å². The van der Waals surface area contributed by atoms with Gasteiger partial charge in [0.1, 0.15) is 5.82 Å². The maximum atomic E-state index is 9.11. The molecule has 0 atom stereocenters. The first kappa shape index (κ1) is 11.5. The molecule has 2 N–H and O–H groups in total. The van der Waals surface area contributed by atoms with E-state index in [-0.39, 0.29) is 6.61 Å². The molecule has 78 valence electrons. The SMILES string of the molecule is CC(C)CNc1ncc(Br)cc1CO. The minimum Gasteiger partial charge on any atom is -0.392 e. The van der Waals surface area contributed by atoms with Crippen molar-refractivity contribution in [1.82, 2.24) is 4.98 Å². The van der Waals surface area contributed by atoms with Gasteiger partial charge in [-0.2, -0.15) is 0 Å². The molecule has 0 aliphatic heterocycles. The maximum absolute atomic E-state index is 9.11. The van der Waals surface area contributed by atoms with E-state index in [1.165, 1.54) is 0 Å². The van der Waals surface area contributed by atoms with Crippen LogP contribution < -0.4 is 5.32 Å². The minimum atomic E-state index is 0.00681. The van der Waals surface area contributed by atoms with Crippen molar-refractivity contribution in [1.29, 1.82) is 0 Å². The first-order chi connectivity index (χ1) is 6.63. The van der Waals surface area contributed by atoms with Gasteiger partial charge in [-0.25, -0.2) is 4.98 Å². The van der Waals surface area contributed by atoms with E-state index in [1.807, 2.05) is 6.07 Å². The number of aromatic nitrogens is 1. The lowest BCUT2D eigenvalue weighted by molar-refractivity contribution is 0.282. The van der Waals surface area contributed by atoms with Gasteiger partial charge in [0.25, 0.3) is 0 Å². The van der Waals surface area contributed by atoms with E-state index < -0.39 is 0 Å². The number of aliphatic hydroxyl groups is 1. The quantitative estimate of drug-likeness (QED) is 0.872. The van der Waals surface area contributed by atoms with Gasteiger partial charge in [0, 0.05) is 22.8 Å². The zero-order valence-corrected chi connectivity index (χ0v) is 10.0. The molecule has 0 saturated carbocycles. The molecule has 0 aliphatic carbocycles. The molecule has 1 rings (SSSR count). The van der Waals surface area contributed by atoms with Crippen LogP contribution in [-0.2, 0) is 6.61 Å². The van der Waals surface area contributed by atoms with Crippen LogP contribution in [0.15, 0.2) is 16.7 Å². The summed E-state index contributed by atoms with van der Waals surface area (Å²) in [6.07, 6.45) is 1.72. The topological polar surface area (TPSA) is 45.2 Å². The molecule has 4 heteroatoms. The number of rotatable bonds is 4. The fourth-order valence-corrected chi connectivity index (χ4v) is 1.44. The van der Waals surface area contributed by atoms with Crippen LogP contribution in [-0.4, -0.2) is 16.6 Å². The van der Waals surface area contributed by atoms with Gasteiger partial charge in [-0.1, -0.05) is 13.8 Å². The van der Waals surface area contributed by atoms with Crippen molar-refractivity contribution in [2.75, 3.05) is 11.9 Å². The fraction of sp³-hybridized carbons (Fsp3) is 0.500. The summed E-state index contributed by atoms with van der Waals surface area (Å²) in [6.45, 7) is 5.13. The lowest BCUT2D eigenvalue weighted by Crippen LogP contribution is -2.11. The lowest BCUT2D eigenvalue weighted by Gasteiger charge is -2.11. The van der Waals surface area contributed by atoms with Gasteiger partial charge >= 0.3 is 0 Å². The van der Waals surface area contributed by atoms with Crippen molar-refractivity contribution >= 4 is 21.7 Å². The van der Waals surface area contributed by atoms with E-state index >= 15 is 0 Å². The highest BCUT2D eigenvalue weighted by atomic mass is 79.9. The van der Waals surface area contributed by atoms with Gasteiger partial charge in [0.15, 0.2) is 0 Å². The largest absolute Gasteiger partial charge is 0.392 e. The summed E-state index contributed by atoms with van der Waals surface area (Å²) in [4.78, 5) is 4.20. The number of nitrogens with zero attached hydrogens (tertiary/aromatic N) is 1. The second kappa shape index (κ2) is 5.32. The van der Waals surface area contributed by atoms with Crippen LogP contribution in [0.5, 0.6) is 0 Å². The Labute approximate surface area is 92.7 Å². The van der Waals surface area contributed by atoms with Crippen LogP contribution in [0.3, 0.4) is 0 Å². The van der Waals surface area contributed by atoms with E-state index in [0.29, 0.717) is 5.92 Å². The first-order valence-corrected chi connectivity index (χ1v) is 5.42. The number of hydrogen-bond acceptors (Lipinski definition) is 3. The molecular formula is C10H15BrN2O. The van der Waals surface area contributed by atoms with Crippen molar-refractivity contribution in [3.63, 3.8) is 0 Å². The third-order valence-electron chi connectivity index (χ3n) is 1.78. The Hall–Kier alpha value is -0.610. The van der Waals surface area contributed by atoms with Crippen LogP contribution in [0.2, 0.25) is 0 Å². The second-order valence-corrected chi connectivity index (χ2v) is 4.51. The van der Waals surface area contributed by atoms with Crippen molar-refractivity contribution in [3.8, 4) is 0 Å². The number of nitrogens with one attached hydrogen (secondary N) is 1. The summed E-state index contributed by atoms with van der Waals surface area (Å²) in [7, 11) is 0. The molecule has 1 aromatic rings. The first-order valence-electron chi connectivity index (χ1n) is 4.62. The van der Waals surface area contributed by atoms with E-state index in [1.54, 1.807) is 6.20 Å². The smallest absolute Gasteiger partial charge is 0.131 e. The van der Waals surface area contributed by atoms with Gasteiger partial charge in [0.05, 0.1) is 6.61 Å². The van der Waals surface area contributed by atoms with Crippen molar-refractivity contribution in [3.05, 3.63) is 22.3 Å². The maximum Gasteiger partial charge on any atom is 0.131 e. The Morgan fingerprint density at radius 3 is 2.86 bits per heavy atom. The lowest BCUT2D eigenvalue weighted by atomic mass is 10.2. The average Bonchev–Trinajstić information content (AvgIpc) is 2.15. The molecule has 0 aliphatic rings. The monoisotopic (exact) mass is 258 g/mol. The Morgan fingerprint density at radius 2 is 2.29 bits per heavy atom. The van der Waals surface area contributed by atoms with Crippen molar-refractivity contribution in [2.24, 2.45) is 5.92 Å². The van der Waals surface area contributed by atoms with Gasteiger partial charge in [-0.15, -0.1) is 0 Å². The minimum absolute atomic E-state index is 0.00681. The standard InChI is InChI=1S/C10H15BrN2O/c1-7(2)4-12-10-8(6-14)3-9(11)5-13-10/h3,5,7,14H,4,6H2,1-2H3,(H,12,13). The second-order valence-electron chi connectivity index (χ2n) is 3.59. The Morgan fingerprint density at radius 1 is 1.57 bits per heavy atom. The summed E-state index contributed by atoms with van der Waals surface area (Å²) >= 11 is 3.32. The molecule has 0 radical (unpaired) electrons. The Balaban J connectivity index is 2.75. The van der Waals surface area contributed by atoms with E-state index in [2.05, 4.69) is 40.1 Å². The van der Waals surface area contributed by atoms with Crippen LogP contribution in [0, 0.1) is 5.92 Å². The molecule has 3 nitrogen and oxygen atoms in total. The van der Waals surface area contributed by atoms with Gasteiger partial charge in [0.2, 0.25) is 0 Å². The number of hydrogen-bond donors (Lipinski definition) is 2. The zero-order chi connectivity index (χ0) is 10.6. The molecule has 0 unspecified atom stereocenters. The normalized spacial score (nSPS) is 10.6. The molecule has 0 amide bonds. The van der Waals surface area contributed by atoms with Crippen LogP contribution in [0.4, 0.5) is 5.82 Å². The number of anilines is 1. The van der Waals surface area contributed by atoms with Crippen molar-refractivity contribution in [2.45, 2.75) is 20.5 Å². The highest BCUT2D eigenvalue weighted by molar-refractivity contribution is 9.10. The van der Waals surface area contributed by atoms with E-state index in [4.69, 9.17) is 5.11 Å². The molecule has 1 heterocycles. The summed E-state index contributed by atoms with van der Waals surface area (Å²) in [5, 5.41) is 12.3. The highest BCUT2D eigenvalue weighted by Crippen LogP contribution is 2.18. The predicted molar refractivity (Wildman–Crippen MR) is 61.2 cm³/mol. The molecule has 0 fully saturated rings. The molecule has 0 bridgehead atoms. The molecular weight excluding hydrogens is 244 g/mol. The fourth-order valence-electron chi connectivity index (χ4n) is 1.06. The highest BCUT2D eigenvalue weighted by Gasteiger charge is 2.03. The summed E-state index contributed by atoms with van der Waals surface area (Å²) < 4.78 is 0.886. The van der Waals surface area contributed by atoms with E-state index in [0.717, 1.165) is 22.4 Å². The number of aliphatic hydroxyl groups excluding tert-OH is 1. The molecule has 0 aromatic carbocycles. The summed E-state index contributed by atoms with van der Waals surface area (Å²) in [5.74, 6) is 1.33.